The summed E-state index contributed by atoms with van der Waals surface area (Å²) in [6.45, 7) is 10.4. The first-order valence-corrected chi connectivity index (χ1v) is 16.4. The molecule has 1 unspecified atom stereocenters. The largest absolute Gasteiger partial charge is 0.494 e. The average molecular weight is 668 g/mol. The zero-order chi connectivity index (χ0) is 32.2. The van der Waals surface area contributed by atoms with E-state index in [1.165, 1.54) is 12.4 Å². The Balaban J connectivity index is 1.22. The second kappa shape index (κ2) is 14.4. The molecule has 0 saturated carbocycles. The van der Waals surface area contributed by atoms with Gasteiger partial charge in [-0.1, -0.05) is 35.8 Å². The first kappa shape index (κ1) is 32.3. The van der Waals surface area contributed by atoms with Crippen LogP contribution in [0.15, 0.2) is 55.4 Å². The van der Waals surface area contributed by atoms with Gasteiger partial charge in [0, 0.05) is 63.9 Å². The smallest absolute Gasteiger partial charge is 0.247 e. The van der Waals surface area contributed by atoms with Gasteiger partial charge in [0.2, 0.25) is 5.91 Å². The fraction of sp³-hybridized carbons (Fsp3) is 0.424. The first-order valence-electron chi connectivity index (χ1n) is 15.6. The first-order chi connectivity index (χ1) is 22.3. The third-order valence-corrected chi connectivity index (χ3v) is 9.73. The summed E-state index contributed by atoms with van der Waals surface area (Å²) in [7, 11) is 3.82. The van der Waals surface area contributed by atoms with Crippen molar-refractivity contribution in [1.29, 1.82) is 0 Å². The molecule has 2 N–H and O–H groups in total. The Bertz CT molecular complexity index is 1560. The van der Waals surface area contributed by atoms with Crippen molar-refractivity contribution in [2.45, 2.75) is 31.3 Å². The number of piperidine rings is 1. The Kier molecular flexibility index (Phi) is 10.1. The van der Waals surface area contributed by atoms with E-state index in [1.54, 1.807) is 18.2 Å². The summed E-state index contributed by atoms with van der Waals surface area (Å²) in [5.74, 6) is 1.46. The number of likely N-dealkylation sites (N-methyl/N-ethyl adjacent to an activating group) is 1. The minimum atomic E-state index is -0.284. The molecule has 1 amide bonds. The number of hydrogen-bond donors (Lipinski definition) is 2. The fourth-order valence-electron chi connectivity index (χ4n) is 6.43. The number of ether oxygens (including phenoxy) is 1. The number of carbonyl (C=O) groups is 1. The summed E-state index contributed by atoms with van der Waals surface area (Å²) in [5.41, 5.74) is 3.20. The van der Waals surface area contributed by atoms with Gasteiger partial charge in [-0.3, -0.25) is 14.5 Å². The van der Waals surface area contributed by atoms with Crippen LogP contribution in [0.2, 0.25) is 10.0 Å². The molecule has 6 rings (SSSR count). The van der Waals surface area contributed by atoms with Gasteiger partial charge < -0.3 is 25.2 Å². The number of amides is 1. The maximum Gasteiger partial charge on any atom is 0.247 e. The molecule has 0 spiro atoms. The molecule has 0 bridgehead atoms. The van der Waals surface area contributed by atoms with E-state index in [0.717, 1.165) is 69.8 Å². The Morgan fingerprint density at radius 3 is 2.50 bits per heavy atom. The van der Waals surface area contributed by atoms with E-state index in [0.29, 0.717) is 51.5 Å². The van der Waals surface area contributed by atoms with Crippen LogP contribution >= 0.6 is 23.2 Å². The molecular weight excluding hydrogens is 627 g/mol. The number of rotatable bonds is 9. The topological polar surface area (TPSA) is 98.3 Å². The molecule has 3 aromatic rings. The van der Waals surface area contributed by atoms with Gasteiger partial charge in [0.15, 0.2) is 5.82 Å². The number of benzene rings is 2. The van der Waals surface area contributed by atoms with Gasteiger partial charge in [-0.2, -0.15) is 0 Å². The molecule has 2 aromatic carbocycles. The number of carbonyl (C=O) groups excluding carboxylic acids is 1. The number of nitrogens with zero attached hydrogens (tertiary/aromatic N) is 6. The van der Waals surface area contributed by atoms with Crippen LogP contribution in [0.1, 0.15) is 30.9 Å². The number of piperazine rings is 1. The number of hydroxylamine groups is 1. The van der Waals surface area contributed by atoms with Crippen molar-refractivity contribution in [3.63, 3.8) is 0 Å². The zero-order valence-electron chi connectivity index (χ0n) is 26.2. The van der Waals surface area contributed by atoms with Gasteiger partial charge in [-0.25, -0.2) is 15.0 Å². The van der Waals surface area contributed by atoms with Gasteiger partial charge in [-0.05, 0) is 49.7 Å². The van der Waals surface area contributed by atoms with Crippen molar-refractivity contribution in [3.8, 4) is 5.75 Å². The Morgan fingerprint density at radius 1 is 1.00 bits per heavy atom. The van der Waals surface area contributed by atoms with Gasteiger partial charge in [0.05, 0.1) is 46.9 Å². The summed E-state index contributed by atoms with van der Waals surface area (Å²) in [6.07, 6.45) is 5.65. The lowest BCUT2D eigenvalue weighted by atomic mass is 10.0. The van der Waals surface area contributed by atoms with Crippen LogP contribution in [0.4, 0.5) is 28.7 Å². The van der Waals surface area contributed by atoms with Crippen molar-refractivity contribution in [2.24, 2.45) is 0 Å². The van der Waals surface area contributed by atoms with E-state index in [4.69, 9.17) is 32.8 Å². The minimum absolute atomic E-state index is 0.0903. The molecule has 11 nitrogen and oxygen atoms in total. The van der Waals surface area contributed by atoms with Gasteiger partial charge in [-0.15, -0.1) is 0 Å². The molecule has 1 aromatic heterocycles. The van der Waals surface area contributed by atoms with E-state index < -0.39 is 0 Å². The lowest BCUT2D eigenvalue weighted by Crippen LogP contribution is -2.52. The molecule has 0 aliphatic carbocycles. The number of methoxy groups -OCH3 is 1. The van der Waals surface area contributed by atoms with E-state index in [2.05, 4.69) is 48.9 Å². The van der Waals surface area contributed by atoms with Crippen LogP contribution in [0.3, 0.4) is 0 Å². The molecular formula is C33H40Cl2N8O3. The minimum Gasteiger partial charge on any atom is -0.494 e. The summed E-state index contributed by atoms with van der Waals surface area (Å²) in [4.78, 5) is 34.8. The summed E-state index contributed by atoms with van der Waals surface area (Å²) >= 11 is 12.5. The van der Waals surface area contributed by atoms with Crippen LogP contribution in [0, 0.1) is 0 Å². The number of hydrogen-bond acceptors (Lipinski definition) is 10. The molecule has 46 heavy (non-hydrogen) atoms. The third kappa shape index (κ3) is 7.19. The number of aromatic nitrogens is 2. The maximum atomic E-state index is 12.5. The highest BCUT2D eigenvalue weighted by Crippen LogP contribution is 2.41. The molecule has 4 heterocycles. The van der Waals surface area contributed by atoms with E-state index in [-0.39, 0.29) is 11.9 Å². The van der Waals surface area contributed by atoms with E-state index >= 15 is 0 Å². The van der Waals surface area contributed by atoms with Gasteiger partial charge >= 0.3 is 0 Å². The molecule has 0 radical (unpaired) electrons. The molecule has 13 heteroatoms. The lowest BCUT2D eigenvalue weighted by molar-refractivity contribution is -0.111. The van der Waals surface area contributed by atoms with Crippen molar-refractivity contribution >= 4 is 57.8 Å². The predicted octanol–water partition coefficient (Wildman–Crippen LogP) is 5.76. The summed E-state index contributed by atoms with van der Waals surface area (Å²) < 4.78 is 5.85. The fourth-order valence-corrected chi connectivity index (χ4v) is 6.74. The van der Waals surface area contributed by atoms with Crippen molar-refractivity contribution in [2.75, 3.05) is 80.6 Å². The van der Waals surface area contributed by atoms with Crippen LogP contribution in [0.5, 0.6) is 5.75 Å². The molecule has 3 fully saturated rings. The number of halogens is 2. The van der Waals surface area contributed by atoms with Crippen molar-refractivity contribution < 1.29 is 14.4 Å². The van der Waals surface area contributed by atoms with Crippen molar-refractivity contribution in [3.05, 3.63) is 71.0 Å². The Labute approximate surface area is 280 Å². The average Bonchev–Trinajstić information content (AvgIpc) is 3.57. The molecule has 3 aliphatic rings. The molecule has 244 valence electrons. The van der Waals surface area contributed by atoms with Crippen LogP contribution in [-0.2, 0) is 9.63 Å². The summed E-state index contributed by atoms with van der Waals surface area (Å²) in [5, 5.41) is 9.15. The van der Waals surface area contributed by atoms with Gasteiger partial charge in [0.1, 0.15) is 17.9 Å². The SMILES string of the molecule is C=CC(=O)Nc1cc(Nc2cc(N3OCCC3c3ccc(Cl)c(Cl)c3)ncn2)c(OC)cc1N1CCC(N2CCN(C)CC2)CC1. The Morgan fingerprint density at radius 2 is 1.78 bits per heavy atom. The summed E-state index contributed by atoms with van der Waals surface area (Å²) in [6, 6.07) is 11.7. The third-order valence-electron chi connectivity index (χ3n) is 8.99. The second-order valence-corrected chi connectivity index (χ2v) is 12.7. The van der Waals surface area contributed by atoms with Gasteiger partial charge in [0.25, 0.3) is 0 Å². The second-order valence-electron chi connectivity index (χ2n) is 11.8. The normalized spacial score (nSPS) is 19.7. The number of anilines is 5. The highest BCUT2D eigenvalue weighted by Gasteiger charge is 2.31. The zero-order valence-corrected chi connectivity index (χ0v) is 27.7. The standard InChI is InChI=1S/C33H40Cl2N8O3/c1-4-33(44)39-26-18-27(30(45-3)19-29(26)42-10-7-23(8-11-42)41-14-12-40(2)13-15-41)38-31-20-32(37-21-36-31)43-28(9-16-46-43)22-5-6-24(34)25(35)17-22/h4-6,17-21,23,28H,1,7-16H2,2-3H3,(H,39,44)(H,36,37,38). The van der Waals surface area contributed by atoms with Crippen LogP contribution in [-0.4, -0.2) is 91.7 Å². The van der Waals surface area contributed by atoms with E-state index in [1.807, 2.05) is 30.3 Å². The van der Waals surface area contributed by atoms with Crippen LogP contribution < -0.4 is 25.3 Å². The lowest BCUT2D eigenvalue weighted by Gasteiger charge is -2.43. The van der Waals surface area contributed by atoms with Crippen LogP contribution in [0.25, 0.3) is 0 Å². The molecule has 1 atom stereocenters. The predicted molar refractivity (Wildman–Crippen MR) is 184 cm³/mol. The van der Waals surface area contributed by atoms with Crippen molar-refractivity contribution in [1.82, 2.24) is 19.8 Å². The highest BCUT2D eigenvalue weighted by molar-refractivity contribution is 6.42. The monoisotopic (exact) mass is 666 g/mol. The van der Waals surface area contributed by atoms with E-state index in [9.17, 15) is 4.79 Å². The molecule has 3 aliphatic heterocycles. The quantitative estimate of drug-likeness (QED) is 0.274. The Hall–Kier alpha value is -3.61. The number of nitrogens with one attached hydrogen (secondary N) is 2. The molecule has 3 saturated heterocycles. The highest BCUT2D eigenvalue weighted by atomic mass is 35.5. The maximum absolute atomic E-state index is 12.5.